The maximum atomic E-state index is 11.8. The van der Waals surface area contributed by atoms with Crippen molar-refractivity contribution in [2.45, 2.75) is 20.5 Å². The van der Waals surface area contributed by atoms with E-state index < -0.39 is 10.9 Å². The minimum absolute atomic E-state index is 0.0200. The molecule has 0 bridgehead atoms. The lowest BCUT2D eigenvalue weighted by Gasteiger charge is -2.15. The van der Waals surface area contributed by atoms with E-state index in [-0.39, 0.29) is 12.3 Å². The Morgan fingerprint density at radius 2 is 1.97 bits per heavy atom. The monoisotopic (exact) mass is 460 g/mol. The molecule has 0 aromatic heterocycles. The van der Waals surface area contributed by atoms with Gasteiger partial charge in [0.2, 0.25) is 0 Å². The minimum atomic E-state index is -0.505. The maximum absolute atomic E-state index is 11.8. The standard InChI is InChI=1S/C20H17BrN2O6/c1-3-27-18-10-14(8-16-12(2)22-29-20(16)24)9-17(21)19(18)28-11-13-4-6-15(7-5-13)23(25)26/h4-10H,3,11H2,1-2H3/b16-8+. The number of benzene rings is 2. The zero-order valence-electron chi connectivity index (χ0n) is 15.7. The molecular weight excluding hydrogens is 444 g/mol. The highest BCUT2D eigenvalue weighted by atomic mass is 79.9. The molecule has 2 aromatic rings. The normalized spacial score (nSPS) is 14.5. The number of nitro benzene ring substituents is 1. The van der Waals surface area contributed by atoms with Crippen molar-refractivity contribution in [3.05, 3.63) is 67.7 Å². The molecule has 0 saturated heterocycles. The number of nitro groups is 1. The van der Waals surface area contributed by atoms with Crippen molar-refractivity contribution in [3.8, 4) is 11.5 Å². The third-order valence-corrected chi connectivity index (χ3v) is 4.64. The van der Waals surface area contributed by atoms with Gasteiger partial charge in [-0.3, -0.25) is 10.1 Å². The molecule has 0 saturated carbocycles. The van der Waals surface area contributed by atoms with Crippen molar-refractivity contribution < 1.29 is 24.0 Å². The van der Waals surface area contributed by atoms with Crippen molar-refractivity contribution in [1.29, 1.82) is 0 Å². The second kappa shape index (κ2) is 8.87. The number of rotatable bonds is 7. The first-order valence-corrected chi connectivity index (χ1v) is 9.48. The molecule has 0 unspecified atom stereocenters. The van der Waals surface area contributed by atoms with Crippen molar-refractivity contribution >= 4 is 39.4 Å². The minimum Gasteiger partial charge on any atom is -0.490 e. The molecule has 0 atom stereocenters. The fourth-order valence-corrected chi connectivity index (χ4v) is 3.20. The van der Waals surface area contributed by atoms with Gasteiger partial charge in [-0.05, 0) is 71.2 Å². The predicted octanol–water partition coefficient (Wildman–Crippen LogP) is 4.65. The second-order valence-electron chi connectivity index (χ2n) is 6.09. The molecule has 29 heavy (non-hydrogen) atoms. The van der Waals surface area contributed by atoms with Gasteiger partial charge in [-0.25, -0.2) is 4.79 Å². The van der Waals surface area contributed by atoms with Crippen LogP contribution >= 0.6 is 15.9 Å². The van der Waals surface area contributed by atoms with Gasteiger partial charge >= 0.3 is 5.97 Å². The molecular formula is C20H17BrN2O6. The number of nitrogens with zero attached hydrogens (tertiary/aromatic N) is 2. The quantitative estimate of drug-likeness (QED) is 0.258. The van der Waals surface area contributed by atoms with E-state index in [4.69, 9.17) is 9.47 Å². The van der Waals surface area contributed by atoms with E-state index in [2.05, 4.69) is 25.9 Å². The van der Waals surface area contributed by atoms with E-state index in [0.29, 0.717) is 39.4 Å². The summed E-state index contributed by atoms with van der Waals surface area (Å²) < 4.78 is 12.2. The van der Waals surface area contributed by atoms with Gasteiger partial charge < -0.3 is 14.3 Å². The molecule has 2 aromatic carbocycles. The van der Waals surface area contributed by atoms with Crippen LogP contribution in [0.25, 0.3) is 6.08 Å². The van der Waals surface area contributed by atoms with Crippen molar-refractivity contribution in [1.82, 2.24) is 0 Å². The van der Waals surface area contributed by atoms with Crippen LogP contribution in [0.3, 0.4) is 0 Å². The van der Waals surface area contributed by atoms with Crippen LogP contribution in [0.4, 0.5) is 5.69 Å². The number of hydrogen-bond donors (Lipinski definition) is 0. The smallest absolute Gasteiger partial charge is 0.367 e. The van der Waals surface area contributed by atoms with Crippen LogP contribution in [-0.4, -0.2) is 23.2 Å². The van der Waals surface area contributed by atoms with E-state index in [0.717, 1.165) is 5.56 Å². The fourth-order valence-electron chi connectivity index (χ4n) is 2.63. The van der Waals surface area contributed by atoms with Crippen LogP contribution in [-0.2, 0) is 16.2 Å². The van der Waals surface area contributed by atoms with Crippen molar-refractivity contribution in [2.24, 2.45) is 5.16 Å². The summed E-state index contributed by atoms with van der Waals surface area (Å²) in [6, 6.07) is 9.68. The Kier molecular flexibility index (Phi) is 6.28. The van der Waals surface area contributed by atoms with E-state index in [1.807, 2.05) is 6.92 Å². The molecule has 1 aliphatic rings. The summed E-state index contributed by atoms with van der Waals surface area (Å²) in [4.78, 5) is 26.7. The molecule has 0 N–H and O–H groups in total. The largest absolute Gasteiger partial charge is 0.490 e. The van der Waals surface area contributed by atoms with E-state index >= 15 is 0 Å². The topological polar surface area (TPSA) is 100 Å². The number of carbonyl (C=O) groups excluding carboxylic acids is 1. The average molecular weight is 461 g/mol. The highest BCUT2D eigenvalue weighted by Crippen LogP contribution is 2.38. The number of halogens is 1. The Hall–Kier alpha value is -3.20. The molecule has 1 aliphatic heterocycles. The lowest BCUT2D eigenvalue weighted by Crippen LogP contribution is -2.03. The Balaban J connectivity index is 1.84. The lowest BCUT2D eigenvalue weighted by atomic mass is 10.1. The lowest BCUT2D eigenvalue weighted by molar-refractivity contribution is -0.384. The molecule has 1 heterocycles. The van der Waals surface area contributed by atoms with Crippen LogP contribution in [0.1, 0.15) is 25.0 Å². The summed E-state index contributed by atoms with van der Waals surface area (Å²) in [5.74, 6) is 0.485. The highest BCUT2D eigenvalue weighted by molar-refractivity contribution is 9.10. The van der Waals surface area contributed by atoms with E-state index in [1.165, 1.54) is 12.1 Å². The van der Waals surface area contributed by atoms with Crippen LogP contribution in [0.5, 0.6) is 11.5 Å². The SMILES string of the molecule is CCOc1cc(/C=C2/C(=O)ON=C2C)cc(Br)c1OCc1ccc([N+](=O)[O-])cc1. The number of oxime groups is 1. The first-order valence-electron chi connectivity index (χ1n) is 8.69. The first kappa shape index (κ1) is 20.5. The zero-order chi connectivity index (χ0) is 21.0. The third-order valence-electron chi connectivity index (χ3n) is 4.05. The second-order valence-corrected chi connectivity index (χ2v) is 6.94. The van der Waals surface area contributed by atoms with Crippen LogP contribution < -0.4 is 9.47 Å². The van der Waals surface area contributed by atoms with Gasteiger partial charge in [-0.1, -0.05) is 5.16 Å². The Morgan fingerprint density at radius 3 is 2.55 bits per heavy atom. The number of hydrogen-bond acceptors (Lipinski definition) is 7. The summed E-state index contributed by atoms with van der Waals surface area (Å²) in [5.41, 5.74) is 2.39. The summed E-state index contributed by atoms with van der Waals surface area (Å²) >= 11 is 3.48. The average Bonchev–Trinajstić information content (AvgIpc) is 3.00. The van der Waals surface area contributed by atoms with Crippen molar-refractivity contribution in [2.75, 3.05) is 6.61 Å². The Morgan fingerprint density at radius 1 is 1.24 bits per heavy atom. The van der Waals surface area contributed by atoms with Gasteiger partial charge in [0.05, 0.1) is 27.3 Å². The summed E-state index contributed by atoms with van der Waals surface area (Å²) in [6.07, 6.45) is 1.67. The van der Waals surface area contributed by atoms with Gasteiger partial charge in [0.1, 0.15) is 6.61 Å². The summed E-state index contributed by atoms with van der Waals surface area (Å²) in [5, 5.41) is 14.4. The predicted molar refractivity (Wildman–Crippen MR) is 110 cm³/mol. The highest BCUT2D eigenvalue weighted by Gasteiger charge is 2.22. The third kappa shape index (κ3) is 4.80. The molecule has 0 aliphatic carbocycles. The summed E-state index contributed by atoms with van der Waals surface area (Å²) in [7, 11) is 0. The summed E-state index contributed by atoms with van der Waals surface area (Å²) in [6.45, 7) is 4.17. The molecule has 3 rings (SSSR count). The van der Waals surface area contributed by atoms with Crippen LogP contribution in [0, 0.1) is 10.1 Å². The van der Waals surface area contributed by atoms with Gasteiger partial charge in [-0.2, -0.15) is 0 Å². The molecule has 150 valence electrons. The molecule has 0 radical (unpaired) electrons. The first-order chi connectivity index (χ1) is 13.9. The van der Waals surface area contributed by atoms with Gasteiger partial charge in [0.25, 0.3) is 5.69 Å². The Bertz CT molecular complexity index is 1010. The Labute approximate surface area is 175 Å². The number of ether oxygens (including phenoxy) is 2. The molecule has 0 amide bonds. The maximum Gasteiger partial charge on any atom is 0.367 e. The molecule has 8 nitrogen and oxygen atoms in total. The molecule has 0 fully saturated rings. The van der Waals surface area contributed by atoms with Crippen LogP contribution in [0.15, 0.2) is 51.6 Å². The molecule has 0 spiro atoms. The van der Waals surface area contributed by atoms with Gasteiger partial charge in [0.15, 0.2) is 11.5 Å². The fraction of sp³-hybridized carbons (Fsp3) is 0.200. The zero-order valence-corrected chi connectivity index (χ0v) is 17.3. The molecule has 9 heteroatoms. The van der Waals surface area contributed by atoms with Gasteiger partial charge in [-0.15, -0.1) is 0 Å². The van der Waals surface area contributed by atoms with Crippen molar-refractivity contribution in [3.63, 3.8) is 0 Å². The number of carbonyl (C=O) groups is 1. The van der Waals surface area contributed by atoms with Crippen LogP contribution in [0.2, 0.25) is 0 Å². The number of non-ortho nitro benzene ring substituents is 1. The van der Waals surface area contributed by atoms with E-state index in [9.17, 15) is 14.9 Å². The van der Waals surface area contributed by atoms with E-state index in [1.54, 1.807) is 37.3 Å². The van der Waals surface area contributed by atoms with Gasteiger partial charge in [0, 0.05) is 12.1 Å².